The molecule has 2 aromatic carbocycles. The first-order chi connectivity index (χ1) is 9.33. The number of nitrogens with zero attached hydrogens (tertiary/aromatic N) is 1. The topological polar surface area (TPSA) is 38.9 Å². The highest BCUT2D eigenvalue weighted by molar-refractivity contribution is 5.85. The number of hydrogen-bond acceptors (Lipinski definition) is 2. The molecule has 1 aromatic heterocycles. The average molecular weight is 283 g/mol. The Balaban J connectivity index is 0.00000147. The molecule has 2 nitrogen and oxygen atoms in total. The van der Waals surface area contributed by atoms with Gasteiger partial charge < -0.3 is 5.73 Å². The van der Waals surface area contributed by atoms with Gasteiger partial charge in [-0.25, -0.2) is 0 Å². The molecule has 100 valence electrons. The van der Waals surface area contributed by atoms with Crippen LogP contribution in [0.4, 0.5) is 5.69 Å². The van der Waals surface area contributed by atoms with E-state index in [-0.39, 0.29) is 12.4 Å². The molecule has 1 heterocycles. The van der Waals surface area contributed by atoms with Gasteiger partial charge in [-0.3, -0.25) is 4.98 Å². The number of halogens is 1. The third kappa shape index (κ3) is 2.98. The van der Waals surface area contributed by atoms with Crippen molar-refractivity contribution in [2.75, 3.05) is 5.73 Å². The van der Waals surface area contributed by atoms with Gasteiger partial charge in [0.1, 0.15) is 0 Å². The van der Waals surface area contributed by atoms with Crippen LogP contribution in [0, 0.1) is 0 Å². The molecule has 0 saturated carbocycles. The summed E-state index contributed by atoms with van der Waals surface area (Å²) in [5.41, 5.74) is 10.9. The Hall–Kier alpha value is -2.32. The molecule has 0 bridgehead atoms. The van der Waals surface area contributed by atoms with Gasteiger partial charge in [0.25, 0.3) is 0 Å². The zero-order valence-electron chi connectivity index (χ0n) is 10.9. The highest BCUT2D eigenvalue weighted by Crippen LogP contribution is 2.24. The van der Waals surface area contributed by atoms with Gasteiger partial charge in [0.2, 0.25) is 0 Å². The maximum atomic E-state index is 5.70. The summed E-state index contributed by atoms with van der Waals surface area (Å²) in [5, 5.41) is 0. The van der Waals surface area contributed by atoms with Crippen LogP contribution >= 0.6 is 12.4 Å². The first kappa shape index (κ1) is 14.1. The van der Waals surface area contributed by atoms with Gasteiger partial charge in [-0.1, -0.05) is 42.5 Å². The van der Waals surface area contributed by atoms with E-state index < -0.39 is 0 Å². The van der Waals surface area contributed by atoms with E-state index in [4.69, 9.17) is 5.73 Å². The molecule has 20 heavy (non-hydrogen) atoms. The van der Waals surface area contributed by atoms with Crippen LogP contribution in [0.3, 0.4) is 0 Å². The first-order valence-electron chi connectivity index (χ1n) is 6.20. The molecular weight excluding hydrogens is 268 g/mol. The monoisotopic (exact) mass is 282 g/mol. The number of nitrogens with two attached hydrogens (primary N) is 1. The van der Waals surface area contributed by atoms with Gasteiger partial charge in [-0.05, 0) is 35.4 Å². The Labute approximate surface area is 124 Å². The average Bonchev–Trinajstić information content (AvgIpc) is 2.49. The van der Waals surface area contributed by atoms with Crippen molar-refractivity contribution in [3.8, 4) is 22.4 Å². The van der Waals surface area contributed by atoms with Gasteiger partial charge in [0.15, 0.2) is 0 Å². The van der Waals surface area contributed by atoms with Crippen LogP contribution in [0.5, 0.6) is 0 Å². The Bertz CT molecular complexity index is 662. The highest BCUT2D eigenvalue weighted by Gasteiger charge is 2.00. The number of aromatic nitrogens is 1. The maximum Gasteiger partial charge on any atom is 0.0701 e. The van der Waals surface area contributed by atoms with Crippen LogP contribution in [-0.4, -0.2) is 4.98 Å². The second-order valence-corrected chi connectivity index (χ2v) is 4.41. The molecule has 0 spiro atoms. The van der Waals surface area contributed by atoms with E-state index >= 15 is 0 Å². The molecule has 0 radical (unpaired) electrons. The summed E-state index contributed by atoms with van der Waals surface area (Å²) in [5.74, 6) is 0. The Morgan fingerprint density at radius 2 is 1.20 bits per heavy atom. The Kier molecular flexibility index (Phi) is 4.38. The third-order valence-electron chi connectivity index (χ3n) is 3.09. The van der Waals surface area contributed by atoms with Crippen molar-refractivity contribution in [3.63, 3.8) is 0 Å². The predicted octanol–water partition coefficient (Wildman–Crippen LogP) is 4.42. The second kappa shape index (κ2) is 6.22. The van der Waals surface area contributed by atoms with E-state index in [2.05, 4.69) is 29.2 Å². The fraction of sp³-hybridized carbons (Fsp3) is 0. The van der Waals surface area contributed by atoms with E-state index in [0.717, 1.165) is 16.9 Å². The number of anilines is 1. The largest absolute Gasteiger partial charge is 0.399 e. The lowest BCUT2D eigenvalue weighted by Crippen LogP contribution is -1.85. The first-order valence-corrected chi connectivity index (χ1v) is 6.20. The normalized spacial score (nSPS) is 9.80. The van der Waals surface area contributed by atoms with Crippen molar-refractivity contribution in [2.45, 2.75) is 0 Å². The number of benzene rings is 2. The number of nitrogen functional groups attached to an aromatic ring is 1. The molecule has 3 rings (SSSR count). The molecule has 0 aliphatic carbocycles. The van der Waals surface area contributed by atoms with E-state index in [1.54, 1.807) is 0 Å². The second-order valence-electron chi connectivity index (χ2n) is 4.41. The van der Waals surface area contributed by atoms with Crippen molar-refractivity contribution in [2.24, 2.45) is 0 Å². The lowest BCUT2D eigenvalue weighted by atomic mass is 10.0. The quantitative estimate of drug-likeness (QED) is 0.707. The van der Waals surface area contributed by atoms with Gasteiger partial charge in [0, 0.05) is 17.4 Å². The fourth-order valence-corrected chi connectivity index (χ4v) is 2.04. The van der Waals surface area contributed by atoms with Crippen LogP contribution < -0.4 is 5.73 Å². The number of pyridine rings is 1. The molecule has 0 aliphatic heterocycles. The fourth-order valence-electron chi connectivity index (χ4n) is 2.04. The summed E-state index contributed by atoms with van der Waals surface area (Å²) in [6.07, 6.45) is 1.81. The van der Waals surface area contributed by atoms with Crippen molar-refractivity contribution in [1.82, 2.24) is 4.98 Å². The van der Waals surface area contributed by atoms with Crippen LogP contribution in [0.1, 0.15) is 0 Å². The van der Waals surface area contributed by atoms with Crippen LogP contribution in [0.25, 0.3) is 22.4 Å². The standard InChI is InChI=1S/C17H14N2.ClH/c18-16-10-8-14(9-11-16)13-4-6-15(7-5-13)17-3-1-2-12-19-17;/h1-12H,18H2;1H. The Morgan fingerprint density at radius 3 is 1.75 bits per heavy atom. The van der Waals surface area contributed by atoms with Gasteiger partial charge in [0.05, 0.1) is 5.69 Å². The predicted molar refractivity (Wildman–Crippen MR) is 86.8 cm³/mol. The Morgan fingerprint density at radius 1 is 0.650 bits per heavy atom. The molecule has 0 unspecified atom stereocenters. The van der Waals surface area contributed by atoms with Gasteiger partial charge in [-0.15, -0.1) is 12.4 Å². The lowest BCUT2D eigenvalue weighted by molar-refractivity contribution is 1.33. The van der Waals surface area contributed by atoms with Crippen molar-refractivity contribution >= 4 is 18.1 Å². The van der Waals surface area contributed by atoms with Gasteiger partial charge >= 0.3 is 0 Å². The SMILES string of the molecule is Cl.Nc1ccc(-c2ccc(-c3ccccn3)cc2)cc1. The van der Waals surface area contributed by atoms with E-state index in [0.29, 0.717) is 0 Å². The van der Waals surface area contributed by atoms with E-state index in [9.17, 15) is 0 Å². The molecule has 0 saturated heterocycles. The molecule has 2 N–H and O–H groups in total. The summed E-state index contributed by atoms with van der Waals surface area (Å²) in [4.78, 5) is 4.35. The zero-order chi connectivity index (χ0) is 13.1. The zero-order valence-corrected chi connectivity index (χ0v) is 11.7. The summed E-state index contributed by atoms with van der Waals surface area (Å²) in [6.45, 7) is 0. The number of hydrogen-bond donors (Lipinski definition) is 1. The van der Waals surface area contributed by atoms with Crippen molar-refractivity contribution in [1.29, 1.82) is 0 Å². The van der Waals surface area contributed by atoms with Crippen molar-refractivity contribution in [3.05, 3.63) is 72.9 Å². The lowest BCUT2D eigenvalue weighted by Gasteiger charge is -2.04. The molecular formula is C17H15ClN2. The van der Waals surface area contributed by atoms with Crippen LogP contribution in [0.2, 0.25) is 0 Å². The summed E-state index contributed by atoms with van der Waals surface area (Å²) in [7, 11) is 0. The number of rotatable bonds is 2. The van der Waals surface area contributed by atoms with Crippen LogP contribution in [-0.2, 0) is 0 Å². The van der Waals surface area contributed by atoms with E-state index in [1.165, 1.54) is 11.1 Å². The van der Waals surface area contributed by atoms with E-state index in [1.807, 2.05) is 48.7 Å². The minimum atomic E-state index is 0. The summed E-state index contributed by atoms with van der Waals surface area (Å²) in [6, 6.07) is 22.2. The molecule has 0 atom stereocenters. The minimum absolute atomic E-state index is 0. The summed E-state index contributed by atoms with van der Waals surface area (Å²) >= 11 is 0. The minimum Gasteiger partial charge on any atom is -0.399 e. The molecule has 0 aliphatic rings. The smallest absolute Gasteiger partial charge is 0.0701 e. The highest BCUT2D eigenvalue weighted by atomic mass is 35.5. The van der Waals surface area contributed by atoms with Crippen LogP contribution in [0.15, 0.2) is 72.9 Å². The molecule has 3 heteroatoms. The maximum absolute atomic E-state index is 5.70. The third-order valence-corrected chi connectivity index (χ3v) is 3.09. The van der Waals surface area contributed by atoms with Gasteiger partial charge in [-0.2, -0.15) is 0 Å². The molecule has 0 fully saturated rings. The molecule has 0 amide bonds. The summed E-state index contributed by atoms with van der Waals surface area (Å²) < 4.78 is 0. The van der Waals surface area contributed by atoms with Crippen molar-refractivity contribution < 1.29 is 0 Å². The molecule has 3 aromatic rings.